The Bertz CT molecular complexity index is 445. The van der Waals surface area contributed by atoms with Crippen LogP contribution in [0.25, 0.3) is 0 Å². The SMILES string of the molecule is CCNC(CN1CCCC(C)(C)C1)c1cccc(OC)c1. The van der Waals surface area contributed by atoms with Crippen molar-refractivity contribution in [3.05, 3.63) is 29.8 Å². The third-order valence-corrected chi connectivity index (χ3v) is 4.37. The lowest BCUT2D eigenvalue weighted by molar-refractivity contribution is 0.108. The van der Waals surface area contributed by atoms with E-state index in [0.29, 0.717) is 11.5 Å². The number of benzene rings is 1. The van der Waals surface area contributed by atoms with Crippen LogP contribution in [-0.4, -0.2) is 38.2 Å². The summed E-state index contributed by atoms with van der Waals surface area (Å²) in [6, 6.07) is 8.82. The van der Waals surface area contributed by atoms with Crippen LogP contribution in [0.4, 0.5) is 0 Å². The lowest BCUT2D eigenvalue weighted by Crippen LogP contribution is -2.44. The van der Waals surface area contributed by atoms with Crippen LogP contribution in [0.2, 0.25) is 0 Å². The number of ether oxygens (including phenoxy) is 1. The van der Waals surface area contributed by atoms with Crippen LogP contribution in [-0.2, 0) is 0 Å². The van der Waals surface area contributed by atoms with Crippen molar-refractivity contribution in [3.8, 4) is 5.75 Å². The number of rotatable bonds is 6. The molecule has 0 bridgehead atoms. The monoisotopic (exact) mass is 290 g/mol. The lowest BCUT2D eigenvalue weighted by atomic mass is 9.84. The molecule has 1 N–H and O–H groups in total. The van der Waals surface area contributed by atoms with Crippen LogP contribution in [0.15, 0.2) is 24.3 Å². The normalized spacial score (nSPS) is 20.2. The van der Waals surface area contributed by atoms with E-state index in [1.807, 2.05) is 6.07 Å². The zero-order chi connectivity index (χ0) is 15.3. The van der Waals surface area contributed by atoms with Gasteiger partial charge in [0.15, 0.2) is 0 Å². The molecule has 0 aliphatic carbocycles. The molecule has 2 rings (SSSR count). The quantitative estimate of drug-likeness (QED) is 0.868. The number of methoxy groups -OCH3 is 1. The number of hydrogen-bond acceptors (Lipinski definition) is 3. The Balaban J connectivity index is 2.07. The van der Waals surface area contributed by atoms with E-state index in [0.717, 1.165) is 18.8 Å². The van der Waals surface area contributed by atoms with Gasteiger partial charge in [-0.05, 0) is 49.0 Å². The molecule has 1 aliphatic rings. The standard InChI is InChI=1S/C18H30N2O/c1-5-19-17(15-8-6-9-16(12-15)21-4)13-20-11-7-10-18(2,3)14-20/h6,8-9,12,17,19H,5,7,10-11,13-14H2,1-4H3. The summed E-state index contributed by atoms with van der Waals surface area (Å²) in [7, 11) is 1.73. The summed E-state index contributed by atoms with van der Waals surface area (Å²) in [5, 5.41) is 3.63. The molecule has 0 radical (unpaired) electrons. The van der Waals surface area contributed by atoms with E-state index >= 15 is 0 Å². The molecule has 1 fully saturated rings. The first kappa shape index (κ1) is 16.3. The largest absolute Gasteiger partial charge is 0.497 e. The van der Waals surface area contributed by atoms with E-state index in [2.05, 4.69) is 49.2 Å². The molecule has 3 nitrogen and oxygen atoms in total. The summed E-state index contributed by atoms with van der Waals surface area (Å²) in [5.74, 6) is 0.939. The van der Waals surface area contributed by atoms with Crippen LogP contribution in [0, 0.1) is 5.41 Å². The van der Waals surface area contributed by atoms with E-state index in [9.17, 15) is 0 Å². The number of nitrogens with one attached hydrogen (secondary N) is 1. The number of hydrogen-bond donors (Lipinski definition) is 1. The van der Waals surface area contributed by atoms with Gasteiger partial charge in [0.25, 0.3) is 0 Å². The molecule has 1 aliphatic heterocycles. The Morgan fingerprint density at radius 2 is 2.19 bits per heavy atom. The molecule has 1 atom stereocenters. The van der Waals surface area contributed by atoms with Crippen molar-refractivity contribution < 1.29 is 4.74 Å². The molecule has 3 heteroatoms. The summed E-state index contributed by atoms with van der Waals surface area (Å²) in [6.45, 7) is 11.4. The van der Waals surface area contributed by atoms with Crippen molar-refractivity contribution in [3.63, 3.8) is 0 Å². The van der Waals surface area contributed by atoms with Gasteiger partial charge >= 0.3 is 0 Å². The van der Waals surface area contributed by atoms with Gasteiger partial charge in [0.05, 0.1) is 7.11 Å². The van der Waals surface area contributed by atoms with Crippen molar-refractivity contribution in [1.82, 2.24) is 10.2 Å². The first-order valence-electron chi connectivity index (χ1n) is 8.14. The minimum absolute atomic E-state index is 0.374. The molecule has 1 unspecified atom stereocenters. The van der Waals surface area contributed by atoms with E-state index in [1.165, 1.54) is 31.5 Å². The Morgan fingerprint density at radius 3 is 2.86 bits per heavy atom. The van der Waals surface area contributed by atoms with Gasteiger partial charge in [-0.15, -0.1) is 0 Å². The van der Waals surface area contributed by atoms with Crippen molar-refractivity contribution in [1.29, 1.82) is 0 Å². The topological polar surface area (TPSA) is 24.5 Å². The van der Waals surface area contributed by atoms with Gasteiger partial charge in [-0.25, -0.2) is 0 Å². The molecular weight excluding hydrogens is 260 g/mol. The number of piperidine rings is 1. The molecule has 118 valence electrons. The highest BCUT2D eigenvalue weighted by molar-refractivity contribution is 5.30. The Kier molecular flexibility index (Phi) is 5.65. The van der Waals surface area contributed by atoms with Gasteiger partial charge in [-0.2, -0.15) is 0 Å². The number of likely N-dealkylation sites (tertiary alicyclic amines) is 1. The summed E-state index contributed by atoms with van der Waals surface area (Å²) in [5.41, 5.74) is 1.77. The summed E-state index contributed by atoms with van der Waals surface area (Å²) in [4.78, 5) is 2.61. The van der Waals surface area contributed by atoms with Gasteiger partial charge in [-0.1, -0.05) is 32.9 Å². The maximum Gasteiger partial charge on any atom is 0.119 e. The average molecular weight is 290 g/mol. The van der Waals surface area contributed by atoms with E-state index in [4.69, 9.17) is 4.74 Å². The second kappa shape index (κ2) is 7.28. The zero-order valence-electron chi connectivity index (χ0n) is 14.0. The molecule has 0 saturated carbocycles. The molecule has 1 aromatic carbocycles. The fourth-order valence-corrected chi connectivity index (χ4v) is 3.35. The number of nitrogens with zero attached hydrogens (tertiary/aromatic N) is 1. The van der Waals surface area contributed by atoms with E-state index in [1.54, 1.807) is 7.11 Å². The van der Waals surface area contributed by atoms with Gasteiger partial charge in [-0.3, -0.25) is 0 Å². The molecular formula is C18H30N2O. The first-order chi connectivity index (χ1) is 10.0. The maximum absolute atomic E-state index is 5.36. The second-order valence-corrected chi connectivity index (χ2v) is 6.89. The van der Waals surface area contributed by atoms with Crippen LogP contribution in [0.1, 0.15) is 45.2 Å². The second-order valence-electron chi connectivity index (χ2n) is 6.89. The third kappa shape index (κ3) is 4.72. The molecule has 1 saturated heterocycles. The van der Waals surface area contributed by atoms with Gasteiger partial charge in [0.1, 0.15) is 5.75 Å². The van der Waals surface area contributed by atoms with E-state index < -0.39 is 0 Å². The summed E-state index contributed by atoms with van der Waals surface area (Å²) < 4.78 is 5.36. The Labute approximate surface area is 129 Å². The third-order valence-electron chi connectivity index (χ3n) is 4.37. The Morgan fingerprint density at radius 1 is 1.38 bits per heavy atom. The predicted octanol–water partition coefficient (Wildman–Crippen LogP) is 3.47. The van der Waals surface area contributed by atoms with Crippen LogP contribution < -0.4 is 10.1 Å². The van der Waals surface area contributed by atoms with Crippen molar-refractivity contribution >= 4 is 0 Å². The predicted molar refractivity (Wildman–Crippen MR) is 88.9 cm³/mol. The zero-order valence-corrected chi connectivity index (χ0v) is 14.0. The minimum atomic E-state index is 0.374. The lowest BCUT2D eigenvalue weighted by Gasteiger charge is -2.39. The van der Waals surface area contributed by atoms with Crippen LogP contribution in [0.3, 0.4) is 0 Å². The van der Waals surface area contributed by atoms with Crippen molar-refractivity contribution in [2.45, 2.75) is 39.7 Å². The molecule has 21 heavy (non-hydrogen) atoms. The molecule has 0 amide bonds. The highest BCUT2D eigenvalue weighted by Gasteiger charge is 2.27. The minimum Gasteiger partial charge on any atom is -0.497 e. The summed E-state index contributed by atoms with van der Waals surface area (Å²) >= 11 is 0. The van der Waals surface area contributed by atoms with Crippen molar-refractivity contribution in [2.24, 2.45) is 5.41 Å². The van der Waals surface area contributed by atoms with Gasteiger partial charge < -0.3 is 15.0 Å². The fraction of sp³-hybridized carbons (Fsp3) is 0.667. The Hall–Kier alpha value is -1.06. The smallest absolute Gasteiger partial charge is 0.119 e. The average Bonchev–Trinajstić information content (AvgIpc) is 2.46. The maximum atomic E-state index is 5.36. The molecule has 0 aromatic heterocycles. The highest BCUT2D eigenvalue weighted by atomic mass is 16.5. The number of likely N-dealkylation sites (N-methyl/N-ethyl adjacent to an activating group) is 1. The fourth-order valence-electron chi connectivity index (χ4n) is 3.35. The van der Waals surface area contributed by atoms with Crippen LogP contribution in [0.5, 0.6) is 5.75 Å². The molecule has 1 heterocycles. The highest BCUT2D eigenvalue weighted by Crippen LogP contribution is 2.30. The van der Waals surface area contributed by atoms with Crippen molar-refractivity contribution in [2.75, 3.05) is 33.3 Å². The van der Waals surface area contributed by atoms with Crippen LogP contribution >= 0.6 is 0 Å². The summed E-state index contributed by atoms with van der Waals surface area (Å²) in [6.07, 6.45) is 2.65. The molecule has 0 spiro atoms. The van der Waals surface area contributed by atoms with E-state index in [-0.39, 0.29) is 0 Å². The van der Waals surface area contributed by atoms with Gasteiger partial charge in [0, 0.05) is 19.1 Å². The first-order valence-corrected chi connectivity index (χ1v) is 8.14. The molecule has 1 aromatic rings. The van der Waals surface area contributed by atoms with Gasteiger partial charge in [0.2, 0.25) is 0 Å².